The second-order valence-corrected chi connectivity index (χ2v) is 12.9. The number of rotatable bonds is 6. The van der Waals surface area contributed by atoms with Crippen LogP contribution >= 0.6 is 11.8 Å². The van der Waals surface area contributed by atoms with E-state index in [1.54, 1.807) is 41.2 Å². The summed E-state index contributed by atoms with van der Waals surface area (Å²) in [5.41, 5.74) is 2.21. The highest BCUT2D eigenvalue weighted by molar-refractivity contribution is 7.99. The number of H-pyrrole nitrogens is 1. The highest BCUT2D eigenvalue weighted by Crippen LogP contribution is 2.48. The number of hydrogen-bond acceptors (Lipinski definition) is 6. The second kappa shape index (κ2) is 11.1. The van der Waals surface area contributed by atoms with Gasteiger partial charge in [0, 0.05) is 41.1 Å². The molecule has 7 rings (SSSR count). The maximum Gasteiger partial charge on any atom is 0.251 e. The minimum absolute atomic E-state index is 0.0402. The van der Waals surface area contributed by atoms with Crippen LogP contribution in [-0.4, -0.2) is 51.7 Å². The van der Waals surface area contributed by atoms with Crippen molar-refractivity contribution >= 4 is 40.4 Å². The number of nitrogens with one attached hydrogen (secondary N) is 3. The molecule has 2 aromatic carbocycles. The number of ether oxygens (including phenoxy) is 1. The summed E-state index contributed by atoms with van der Waals surface area (Å²) in [6.07, 6.45) is 8.38. The predicted molar refractivity (Wildman–Crippen MR) is 163 cm³/mol. The molecule has 0 bridgehead atoms. The van der Waals surface area contributed by atoms with Crippen LogP contribution in [0.15, 0.2) is 76.8 Å². The van der Waals surface area contributed by atoms with E-state index in [4.69, 9.17) is 4.74 Å². The molecule has 3 amide bonds. The van der Waals surface area contributed by atoms with Crippen molar-refractivity contribution in [2.45, 2.75) is 60.9 Å². The summed E-state index contributed by atoms with van der Waals surface area (Å²) < 4.78 is 6.02. The summed E-state index contributed by atoms with van der Waals surface area (Å²) in [5, 5.41) is 6.89. The van der Waals surface area contributed by atoms with Crippen LogP contribution in [0.3, 0.4) is 0 Å². The summed E-state index contributed by atoms with van der Waals surface area (Å²) in [4.78, 5) is 51.5. The lowest BCUT2D eigenvalue weighted by Gasteiger charge is -2.26. The molecule has 9 nitrogen and oxygen atoms in total. The van der Waals surface area contributed by atoms with Crippen molar-refractivity contribution in [2.75, 3.05) is 13.1 Å². The zero-order chi connectivity index (χ0) is 29.6. The molecule has 3 aliphatic rings. The van der Waals surface area contributed by atoms with Crippen LogP contribution in [0.1, 0.15) is 61.1 Å². The van der Waals surface area contributed by atoms with E-state index in [1.165, 1.54) is 0 Å². The van der Waals surface area contributed by atoms with Gasteiger partial charge in [0.2, 0.25) is 11.8 Å². The van der Waals surface area contributed by atoms with Crippen LogP contribution < -0.4 is 15.4 Å². The maximum atomic E-state index is 13.6. The molecule has 1 saturated heterocycles. The first kappa shape index (κ1) is 27.5. The van der Waals surface area contributed by atoms with Crippen LogP contribution in [-0.2, 0) is 9.59 Å². The topological polar surface area (TPSA) is 116 Å². The predicted octanol–water partition coefficient (Wildman–Crippen LogP) is 5.59. The van der Waals surface area contributed by atoms with Crippen LogP contribution in [0, 0.1) is 5.41 Å². The number of aromatic amines is 1. The molecular weight excluding hydrogens is 562 g/mol. The van der Waals surface area contributed by atoms with Crippen molar-refractivity contribution < 1.29 is 19.1 Å². The smallest absolute Gasteiger partial charge is 0.251 e. The fourth-order valence-corrected chi connectivity index (χ4v) is 7.61. The van der Waals surface area contributed by atoms with E-state index in [9.17, 15) is 14.4 Å². The zero-order valence-corrected chi connectivity index (χ0v) is 24.7. The Bertz CT molecular complexity index is 1700. The molecule has 2 aliphatic heterocycles. The number of carbonyl (C=O) groups is 3. The van der Waals surface area contributed by atoms with E-state index in [0.29, 0.717) is 24.3 Å². The molecule has 1 aliphatic carbocycles. The normalized spacial score (nSPS) is 19.0. The third kappa shape index (κ3) is 5.35. The van der Waals surface area contributed by atoms with Crippen molar-refractivity contribution in [3.8, 4) is 11.5 Å². The van der Waals surface area contributed by atoms with E-state index in [2.05, 4.69) is 20.6 Å². The number of aromatic nitrogens is 2. The number of hydrogen-bond donors (Lipinski definition) is 3. The number of para-hydroxylation sites is 1. The van der Waals surface area contributed by atoms with E-state index in [1.807, 2.05) is 49.4 Å². The van der Waals surface area contributed by atoms with Crippen LogP contribution in [0.2, 0.25) is 0 Å². The molecular formula is C33H33N5O4S. The average Bonchev–Trinajstić information content (AvgIpc) is 3.77. The third-order valence-electron chi connectivity index (χ3n) is 8.96. The van der Waals surface area contributed by atoms with Gasteiger partial charge in [-0.3, -0.25) is 19.4 Å². The lowest BCUT2D eigenvalue weighted by atomic mass is 9.84. The number of pyridine rings is 1. The quantitative estimate of drug-likeness (QED) is 0.236. The molecule has 43 heavy (non-hydrogen) atoms. The van der Waals surface area contributed by atoms with E-state index in [0.717, 1.165) is 57.8 Å². The van der Waals surface area contributed by atoms with E-state index >= 15 is 0 Å². The highest BCUT2D eigenvalue weighted by Gasteiger charge is 2.49. The molecule has 2 aromatic heterocycles. The van der Waals surface area contributed by atoms with Gasteiger partial charge >= 0.3 is 0 Å². The van der Waals surface area contributed by atoms with Crippen LogP contribution in [0.5, 0.6) is 11.5 Å². The molecule has 4 aromatic rings. The number of benzene rings is 2. The van der Waals surface area contributed by atoms with Gasteiger partial charge in [-0.2, -0.15) is 0 Å². The van der Waals surface area contributed by atoms with Crippen LogP contribution in [0.25, 0.3) is 10.9 Å². The largest absolute Gasteiger partial charge is 0.455 e. The molecule has 2 atom stereocenters. The van der Waals surface area contributed by atoms with Gasteiger partial charge in [0.05, 0.1) is 22.4 Å². The van der Waals surface area contributed by atoms with Crippen molar-refractivity contribution in [3.05, 3.63) is 78.2 Å². The third-order valence-corrected chi connectivity index (χ3v) is 10.1. The molecule has 1 saturated carbocycles. The van der Waals surface area contributed by atoms with Gasteiger partial charge in [0.15, 0.2) is 0 Å². The van der Waals surface area contributed by atoms with Gasteiger partial charge in [-0.25, -0.2) is 0 Å². The number of fused-ring (bicyclic) bond motifs is 3. The fourth-order valence-electron chi connectivity index (χ4n) is 6.68. The van der Waals surface area contributed by atoms with Crippen LogP contribution in [0.4, 0.5) is 0 Å². The Morgan fingerprint density at radius 2 is 1.91 bits per heavy atom. The Morgan fingerprint density at radius 3 is 2.74 bits per heavy atom. The second-order valence-electron chi connectivity index (χ2n) is 11.9. The lowest BCUT2D eigenvalue weighted by molar-refractivity contribution is -0.138. The summed E-state index contributed by atoms with van der Waals surface area (Å²) >= 11 is 1.59. The SMILES string of the molecule is CC(NC(=O)[C@@H]1CC2(CCCC2)CN1C(=O)CNC(=O)c1ccc2c(c1)Oc1ccccc1S2)c1cc2cnccc2[nH]1. The first-order valence-electron chi connectivity index (χ1n) is 14.8. The van der Waals surface area contributed by atoms with Gasteiger partial charge in [-0.1, -0.05) is 36.7 Å². The fraction of sp³-hybridized carbons (Fsp3) is 0.333. The maximum absolute atomic E-state index is 13.6. The first-order chi connectivity index (χ1) is 20.9. The Kier molecular flexibility index (Phi) is 7.09. The van der Waals surface area contributed by atoms with Crippen molar-refractivity contribution in [3.63, 3.8) is 0 Å². The Labute approximate surface area is 253 Å². The summed E-state index contributed by atoms with van der Waals surface area (Å²) in [5.74, 6) is 0.587. The molecule has 10 heteroatoms. The van der Waals surface area contributed by atoms with Gasteiger partial charge in [-0.05, 0) is 74.1 Å². The van der Waals surface area contributed by atoms with Gasteiger partial charge in [0.1, 0.15) is 17.5 Å². The Hall–Kier alpha value is -4.31. The molecule has 4 heterocycles. The number of carbonyl (C=O) groups excluding carboxylic acids is 3. The van der Waals surface area contributed by atoms with Crippen molar-refractivity contribution in [1.82, 2.24) is 25.5 Å². The van der Waals surface area contributed by atoms with Gasteiger partial charge < -0.3 is 25.3 Å². The van der Waals surface area contributed by atoms with Crippen molar-refractivity contribution in [2.24, 2.45) is 5.41 Å². The molecule has 0 radical (unpaired) electrons. The summed E-state index contributed by atoms with van der Waals surface area (Å²) in [6.45, 7) is 2.29. The molecule has 1 unspecified atom stereocenters. The van der Waals surface area contributed by atoms with Gasteiger partial charge in [0.25, 0.3) is 5.91 Å². The van der Waals surface area contributed by atoms with Crippen molar-refractivity contribution in [1.29, 1.82) is 0 Å². The Balaban J connectivity index is 1.02. The van der Waals surface area contributed by atoms with Gasteiger partial charge in [-0.15, -0.1) is 0 Å². The molecule has 3 N–H and O–H groups in total. The summed E-state index contributed by atoms with van der Waals surface area (Å²) in [7, 11) is 0. The number of likely N-dealkylation sites (tertiary alicyclic amines) is 1. The Morgan fingerprint density at radius 1 is 1.09 bits per heavy atom. The lowest BCUT2D eigenvalue weighted by Crippen LogP contribution is -2.49. The minimum Gasteiger partial charge on any atom is -0.455 e. The number of nitrogens with zero attached hydrogens (tertiary/aromatic N) is 2. The molecule has 220 valence electrons. The summed E-state index contributed by atoms with van der Waals surface area (Å²) in [6, 6.07) is 16.1. The standard InChI is InChI=1S/C33H33N5O4S/c1-20(24-14-22-17-34-13-10-23(22)37-24)36-32(41)25-16-33(11-4-5-12-33)19-38(25)30(39)18-35-31(40)21-8-9-29-27(15-21)42-26-6-2-3-7-28(26)43-29/h2-3,6-10,13-15,17,20,25,37H,4-5,11-12,16,18-19H2,1H3,(H,35,40)(H,36,41)/t20?,25-/m0/s1. The first-order valence-corrected chi connectivity index (χ1v) is 15.6. The number of amides is 3. The minimum atomic E-state index is -0.578. The van der Waals surface area contributed by atoms with E-state index < -0.39 is 6.04 Å². The average molecular weight is 596 g/mol. The molecule has 1 spiro atoms. The van der Waals surface area contributed by atoms with E-state index in [-0.39, 0.29) is 35.7 Å². The highest BCUT2D eigenvalue weighted by atomic mass is 32.2. The zero-order valence-electron chi connectivity index (χ0n) is 23.9. The monoisotopic (exact) mass is 595 g/mol. The molecule has 2 fully saturated rings.